The zero-order valence-corrected chi connectivity index (χ0v) is 10.5. The lowest BCUT2D eigenvalue weighted by molar-refractivity contribution is -0.122. The average molecular weight is 226 g/mol. The molecule has 0 bridgehead atoms. The normalized spacial score (nSPS) is 17.1. The summed E-state index contributed by atoms with van der Waals surface area (Å²) in [7, 11) is 0. The van der Waals surface area contributed by atoms with Gasteiger partial charge in [0.05, 0.1) is 0 Å². The van der Waals surface area contributed by atoms with E-state index in [0.717, 1.165) is 38.1 Å². The number of hydrogen-bond donors (Lipinski definition) is 2. The first kappa shape index (κ1) is 13.5. The van der Waals surface area contributed by atoms with Crippen LogP contribution in [-0.4, -0.2) is 18.5 Å². The third-order valence-corrected chi connectivity index (χ3v) is 3.28. The largest absolute Gasteiger partial charge is 0.353 e. The molecule has 0 saturated heterocycles. The van der Waals surface area contributed by atoms with Crippen molar-refractivity contribution < 1.29 is 4.79 Å². The van der Waals surface area contributed by atoms with Crippen LogP contribution in [0.1, 0.15) is 58.3 Å². The summed E-state index contributed by atoms with van der Waals surface area (Å²) in [4.78, 5) is 11.6. The van der Waals surface area contributed by atoms with E-state index >= 15 is 0 Å². The second-order valence-electron chi connectivity index (χ2n) is 4.95. The van der Waals surface area contributed by atoms with Gasteiger partial charge in [0.2, 0.25) is 5.91 Å². The Balaban J connectivity index is 2.05. The Bertz CT molecular complexity index is 202. The Hall–Kier alpha value is -0.570. The Morgan fingerprint density at radius 3 is 2.69 bits per heavy atom. The molecule has 1 amide bonds. The molecule has 1 saturated carbocycles. The van der Waals surface area contributed by atoms with Gasteiger partial charge >= 0.3 is 0 Å². The number of nitrogens with two attached hydrogens (primary N) is 1. The van der Waals surface area contributed by atoms with E-state index < -0.39 is 0 Å². The summed E-state index contributed by atoms with van der Waals surface area (Å²) in [5.74, 6) is 1.12. The van der Waals surface area contributed by atoms with Gasteiger partial charge in [-0.1, -0.05) is 26.2 Å². The van der Waals surface area contributed by atoms with Gasteiger partial charge < -0.3 is 11.1 Å². The van der Waals surface area contributed by atoms with Crippen LogP contribution >= 0.6 is 0 Å². The van der Waals surface area contributed by atoms with Crippen LogP contribution in [0.25, 0.3) is 0 Å². The maximum Gasteiger partial charge on any atom is 0.220 e. The zero-order valence-electron chi connectivity index (χ0n) is 10.5. The first-order chi connectivity index (χ1) is 7.76. The maximum atomic E-state index is 11.6. The summed E-state index contributed by atoms with van der Waals surface area (Å²) in [6, 6.07) is 0.412. The minimum absolute atomic E-state index is 0.226. The fourth-order valence-electron chi connectivity index (χ4n) is 1.99. The molecule has 94 valence electrons. The van der Waals surface area contributed by atoms with Crippen molar-refractivity contribution >= 4 is 5.91 Å². The Morgan fingerprint density at radius 2 is 2.12 bits per heavy atom. The van der Waals surface area contributed by atoms with Gasteiger partial charge in [-0.2, -0.15) is 0 Å². The first-order valence-electron chi connectivity index (χ1n) is 6.75. The quantitative estimate of drug-likeness (QED) is 0.592. The zero-order chi connectivity index (χ0) is 11.8. The molecule has 0 heterocycles. The summed E-state index contributed by atoms with van der Waals surface area (Å²) >= 11 is 0. The molecule has 1 unspecified atom stereocenters. The highest BCUT2D eigenvalue weighted by Crippen LogP contribution is 2.34. The molecule has 16 heavy (non-hydrogen) atoms. The lowest BCUT2D eigenvalue weighted by Crippen LogP contribution is -2.34. The molecule has 1 aliphatic carbocycles. The second kappa shape index (κ2) is 7.66. The van der Waals surface area contributed by atoms with Crippen molar-refractivity contribution in [2.45, 2.75) is 64.3 Å². The summed E-state index contributed by atoms with van der Waals surface area (Å²) in [6.45, 7) is 2.89. The minimum Gasteiger partial charge on any atom is -0.353 e. The van der Waals surface area contributed by atoms with Gasteiger partial charge in [0.15, 0.2) is 0 Å². The van der Waals surface area contributed by atoms with Crippen LogP contribution in [0.4, 0.5) is 0 Å². The van der Waals surface area contributed by atoms with Crippen molar-refractivity contribution in [3.05, 3.63) is 0 Å². The molecule has 0 aromatic rings. The molecule has 3 heteroatoms. The summed E-state index contributed by atoms with van der Waals surface area (Å²) in [5, 5.41) is 3.14. The number of amides is 1. The molecule has 0 spiro atoms. The fourth-order valence-corrected chi connectivity index (χ4v) is 1.99. The van der Waals surface area contributed by atoms with Crippen LogP contribution < -0.4 is 11.1 Å². The van der Waals surface area contributed by atoms with Gasteiger partial charge in [-0.25, -0.2) is 0 Å². The van der Waals surface area contributed by atoms with Crippen LogP contribution in [0.2, 0.25) is 0 Å². The summed E-state index contributed by atoms with van der Waals surface area (Å²) in [5.41, 5.74) is 5.41. The van der Waals surface area contributed by atoms with Crippen molar-refractivity contribution in [3.63, 3.8) is 0 Å². The Labute approximate surface area is 99.2 Å². The monoisotopic (exact) mass is 226 g/mol. The van der Waals surface area contributed by atoms with Crippen molar-refractivity contribution in [1.29, 1.82) is 0 Å². The van der Waals surface area contributed by atoms with Crippen LogP contribution in [0, 0.1) is 5.92 Å². The molecule has 0 aliphatic heterocycles. The topological polar surface area (TPSA) is 55.1 Å². The van der Waals surface area contributed by atoms with Crippen LogP contribution in [0.3, 0.4) is 0 Å². The van der Waals surface area contributed by atoms with Gasteiger partial charge in [-0.15, -0.1) is 0 Å². The molecule has 0 aromatic heterocycles. The number of carbonyl (C=O) groups excluding carboxylic acids is 1. The van der Waals surface area contributed by atoms with E-state index in [9.17, 15) is 4.79 Å². The third kappa shape index (κ3) is 6.11. The SMILES string of the molecule is CCC(CC1CC1)NC(=O)CCCCCN. The summed E-state index contributed by atoms with van der Waals surface area (Å²) < 4.78 is 0. The van der Waals surface area contributed by atoms with Crippen molar-refractivity contribution in [1.82, 2.24) is 5.32 Å². The van der Waals surface area contributed by atoms with Crippen LogP contribution in [0.15, 0.2) is 0 Å². The van der Waals surface area contributed by atoms with E-state index in [-0.39, 0.29) is 5.91 Å². The highest BCUT2D eigenvalue weighted by Gasteiger charge is 2.25. The first-order valence-corrected chi connectivity index (χ1v) is 6.75. The van der Waals surface area contributed by atoms with Crippen LogP contribution in [0.5, 0.6) is 0 Å². The number of hydrogen-bond acceptors (Lipinski definition) is 2. The Kier molecular flexibility index (Phi) is 6.46. The van der Waals surface area contributed by atoms with E-state index in [1.165, 1.54) is 19.3 Å². The molecule has 1 rings (SSSR count). The smallest absolute Gasteiger partial charge is 0.220 e. The van der Waals surface area contributed by atoms with E-state index in [4.69, 9.17) is 5.73 Å². The van der Waals surface area contributed by atoms with E-state index in [1.807, 2.05) is 0 Å². The summed E-state index contributed by atoms with van der Waals surface area (Å²) in [6.07, 6.45) is 8.72. The van der Waals surface area contributed by atoms with Gasteiger partial charge in [-0.3, -0.25) is 4.79 Å². The number of unbranched alkanes of at least 4 members (excludes halogenated alkanes) is 2. The van der Waals surface area contributed by atoms with Gasteiger partial charge in [0.1, 0.15) is 0 Å². The highest BCUT2D eigenvalue weighted by molar-refractivity contribution is 5.76. The lowest BCUT2D eigenvalue weighted by atomic mass is 10.1. The Morgan fingerprint density at radius 1 is 1.38 bits per heavy atom. The number of carbonyl (C=O) groups is 1. The second-order valence-corrected chi connectivity index (χ2v) is 4.95. The predicted molar refractivity (Wildman–Crippen MR) is 67.1 cm³/mol. The third-order valence-electron chi connectivity index (χ3n) is 3.28. The van der Waals surface area contributed by atoms with E-state index in [0.29, 0.717) is 12.5 Å². The van der Waals surface area contributed by atoms with Crippen molar-refractivity contribution in [3.8, 4) is 0 Å². The van der Waals surface area contributed by atoms with Crippen LogP contribution in [-0.2, 0) is 4.79 Å². The predicted octanol–water partition coefficient (Wildman–Crippen LogP) is 2.20. The number of rotatable bonds is 9. The molecule has 3 nitrogen and oxygen atoms in total. The molecule has 0 radical (unpaired) electrons. The molecular formula is C13H26N2O. The minimum atomic E-state index is 0.226. The molecular weight excluding hydrogens is 200 g/mol. The molecule has 1 aliphatic rings. The molecule has 0 aromatic carbocycles. The molecule has 3 N–H and O–H groups in total. The average Bonchev–Trinajstić information content (AvgIpc) is 3.07. The van der Waals surface area contributed by atoms with Crippen molar-refractivity contribution in [2.24, 2.45) is 11.7 Å². The fraction of sp³-hybridized carbons (Fsp3) is 0.923. The highest BCUT2D eigenvalue weighted by atomic mass is 16.1. The van der Waals surface area contributed by atoms with Gasteiger partial charge in [-0.05, 0) is 38.1 Å². The van der Waals surface area contributed by atoms with Crippen molar-refractivity contribution in [2.75, 3.05) is 6.54 Å². The molecule has 1 fully saturated rings. The standard InChI is InChI=1S/C13H26N2O/c1-2-12(10-11-7-8-11)15-13(16)6-4-3-5-9-14/h11-12H,2-10,14H2,1H3,(H,15,16). The lowest BCUT2D eigenvalue weighted by Gasteiger charge is -2.16. The maximum absolute atomic E-state index is 11.6. The van der Waals surface area contributed by atoms with E-state index in [1.54, 1.807) is 0 Å². The molecule has 1 atom stereocenters. The van der Waals surface area contributed by atoms with Gasteiger partial charge in [0, 0.05) is 12.5 Å². The van der Waals surface area contributed by atoms with Gasteiger partial charge in [0.25, 0.3) is 0 Å². The van der Waals surface area contributed by atoms with E-state index in [2.05, 4.69) is 12.2 Å². The number of nitrogens with one attached hydrogen (secondary N) is 1.